The summed E-state index contributed by atoms with van der Waals surface area (Å²) in [6.07, 6.45) is 3.73. The monoisotopic (exact) mass is 518 g/mol. The number of anilines is 1. The summed E-state index contributed by atoms with van der Waals surface area (Å²) in [7, 11) is 3.93. The first-order valence-electron chi connectivity index (χ1n) is 13.7. The lowest BCUT2D eigenvalue weighted by atomic mass is 9.94. The first kappa shape index (κ1) is 27.9. The van der Waals surface area contributed by atoms with E-state index in [0.29, 0.717) is 37.4 Å². The zero-order valence-electron chi connectivity index (χ0n) is 23.3. The molecule has 1 aromatic heterocycles. The Kier molecular flexibility index (Phi) is 8.90. The van der Waals surface area contributed by atoms with E-state index in [0.717, 1.165) is 28.6 Å². The number of amides is 1. The molecule has 7 nitrogen and oxygen atoms in total. The van der Waals surface area contributed by atoms with Gasteiger partial charge in [0.25, 0.3) is 0 Å². The van der Waals surface area contributed by atoms with E-state index >= 15 is 0 Å². The third kappa shape index (κ3) is 5.94. The molecule has 204 valence electrons. The predicted octanol–water partition coefficient (Wildman–Crippen LogP) is 4.36. The molecule has 1 aliphatic rings. The minimum Gasteiger partial charge on any atom is -0.394 e. The van der Waals surface area contributed by atoms with E-state index in [9.17, 15) is 14.7 Å². The lowest BCUT2D eigenvalue weighted by molar-refractivity contribution is -0.124. The van der Waals surface area contributed by atoms with Gasteiger partial charge in [-0.3, -0.25) is 9.59 Å². The molecule has 2 heterocycles. The Morgan fingerprint density at radius 1 is 1.13 bits per heavy atom. The summed E-state index contributed by atoms with van der Waals surface area (Å²) in [6, 6.07) is 13.6. The molecule has 1 unspecified atom stereocenters. The first-order chi connectivity index (χ1) is 18.2. The van der Waals surface area contributed by atoms with Crippen molar-refractivity contribution in [3.8, 4) is 0 Å². The van der Waals surface area contributed by atoms with E-state index in [1.54, 1.807) is 0 Å². The van der Waals surface area contributed by atoms with E-state index in [1.165, 1.54) is 5.56 Å². The number of ketones is 1. The average Bonchev–Trinajstić information content (AvgIpc) is 3.33. The summed E-state index contributed by atoms with van der Waals surface area (Å²) in [5.41, 5.74) is 4.73. The van der Waals surface area contributed by atoms with Gasteiger partial charge in [0.1, 0.15) is 6.04 Å². The van der Waals surface area contributed by atoms with Crippen LogP contribution >= 0.6 is 0 Å². The number of Topliss-reactive ketones (excluding diaryl/α,β-unsaturated/α-hetero) is 1. The summed E-state index contributed by atoms with van der Waals surface area (Å²) >= 11 is 0. The molecule has 3 aromatic rings. The molecule has 4 rings (SSSR count). The maximum absolute atomic E-state index is 13.6. The number of H-pyrrole nitrogens is 1. The SMILES string of the molecule is CC(CCN1c2ccc(C(=O)CCN(C)C)c3[nH]cc(c23)C[C@@H](CO)NC(=O)[C@@H]1C(C)C)c1ccccc1. The fourth-order valence-corrected chi connectivity index (χ4v) is 5.60. The quantitative estimate of drug-likeness (QED) is 0.347. The van der Waals surface area contributed by atoms with Crippen LogP contribution < -0.4 is 10.2 Å². The van der Waals surface area contributed by atoms with E-state index in [-0.39, 0.29) is 24.2 Å². The molecule has 0 fully saturated rings. The number of aromatic nitrogens is 1. The van der Waals surface area contributed by atoms with Gasteiger partial charge in [-0.2, -0.15) is 0 Å². The maximum atomic E-state index is 13.6. The Balaban J connectivity index is 1.81. The number of carbonyl (C=O) groups excluding carboxylic acids is 2. The molecule has 0 saturated heterocycles. The number of nitrogens with one attached hydrogen (secondary N) is 2. The van der Waals surface area contributed by atoms with E-state index < -0.39 is 12.1 Å². The van der Waals surface area contributed by atoms with Crippen LogP contribution in [-0.2, 0) is 11.2 Å². The zero-order chi connectivity index (χ0) is 27.4. The molecule has 0 spiro atoms. The van der Waals surface area contributed by atoms with Gasteiger partial charge in [0, 0.05) is 42.3 Å². The zero-order valence-corrected chi connectivity index (χ0v) is 23.3. The van der Waals surface area contributed by atoms with Crippen molar-refractivity contribution in [1.29, 1.82) is 0 Å². The van der Waals surface area contributed by atoms with Crippen molar-refractivity contribution in [3.63, 3.8) is 0 Å². The molecule has 3 N–H and O–H groups in total. The Bertz CT molecular complexity index is 1250. The van der Waals surface area contributed by atoms with Crippen LogP contribution in [0.25, 0.3) is 10.9 Å². The summed E-state index contributed by atoms with van der Waals surface area (Å²) < 4.78 is 0. The standard InChI is InChI=1S/C31H42N4O3/c1-20(2)30-31(38)33-24(19-36)17-23-18-32-29-25(27(37)14-15-34(4)5)11-12-26(28(23)29)35(30)16-13-21(3)22-9-7-6-8-10-22/h6-12,18,20-21,24,30,32,36H,13-17,19H2,1-5H3,(H,33,38)/t21?,24-,30-/m0/s1. The summed E-state index contributed by atoms with van der Waals surface area (Å²) in [5, 5.41) is 14.2. The van der Waals surface area contributed by atoms with Crippen LogP contribution in [0.2, 0.25) is 0 Å². The highest BCUT2D eigenvalue weighted by molar-refractivity contribution is 6.11. The number of nitrogens with zero attached hydrogens (tertiary/aromatic N) is 2. The van der Waals surface area contributed by atoms with Crippen LogP contribution in [-0.4, -0.2) is 72.6 Å². The molecule has 1 aliphatic heterocycles. The van der Waals surface area contributed by atoms with Crippen LogP contribution in [0.3, 0.4) is 0 Å². The van der Waals surface area contributed by atoms with E-state index in [2.05, 4.69) is 60.2 Å². The highest BCUT2D eigenvalue weighted by Crippen LogP contribution is 2.37. The number of rotatable bonds is 10. The summed E-state index contributed by atoms with van der Waals surface area (Å²) in [5.74, 6) is 0.382. The molecule has 0 saturated carbocycles. The van der Waals surface area contributed by atoms with Gasteiger partial charge in [0.2, 0.25) is 5.91 Å². The highest BCUT2D eigenvalue weighted by Gasteiger charge is 2.34. The minimum atomic E-state index is -0.411. The van der Waals surface area contributed by atoms with Gasteiger partial charge in [0.05, 0.1) is 18.2 Å². The third-order valence-electron chi connectivity index (χ3n) is 7.73. The smallest absolute Gasteiger partial charge is 0.243 e. The highest BCUT2D eigenvalue weighted by atomic mass is 16.3. The van der Waals surface area contributed by atoms with Gasteiger partial charge >= 0.3 is 0 Å². The fourth-order valence-electron chi connectivity index (χ4n) is 5.60. The second-order valence-corrected chi connectivity index (χ2v) is 11.2. The van der Waals surface area contributed by atoms with Crippen molar-refractivity contribution in [1.82, 2.24) is 15.2 Å². The second kappa shape index (κ2) is 12.1. The topological polar surface area (TPSA) is 88.7 Å². The van der Waals surface area contributed by atoms with Gasteiger partial charge < -0.3 is 25.2 Å². The van der Waals surface area contributed by atoms with Crippen molar-refractivity contribution in [3.05, 3.63) is 65.4 Å². The largest absolute Gasteiger partial charge is 0.394 e. The molecule has 3 atom stereocenters. The Hall–Kier alpha value is -3.16. The van der Waals surface area contributed by atoms with Gasteiger partial charge in [0.15, 0.2) is 5.78 Å². The molecule has 0 bridgehead atoms. The molecule has 7 heteroatoms. The van der Waals surface area contributed by atoms with Gasteiger partial charge in [-0.05, 0) is 62.0 Å². The van der Waals surface area contributed by atoms with Crippen molar-refractivity contribution < 1.29 is 14.7 Å². The molecule has 0 radical (unpaired) electrons. The van der Waals surface area contributed by atoms with Gasteiger partial charge in [-0.25, -0.2) is 0 Å². The van der Waals surface area contributed by atoms with Crippen LogP contribution in [0.15, 0.2) is 48.7 Å². The molecule has 1 amide bonds. The molecular formula is C31H42N4O3. The van der Waals surface area contributed by atoms with Crippen LogP contribution in [0.4, 0.5) is 5.69 Å². The number of aliphatic hydroxyl groups excluding tert-OH is 1. The molecule has 0 aliphatic carbocycles. The minimum absolute atomic E-state index is 0.0401. The predicted molar refractivity (Wildman–Crippen MR) is 154 cm³/mol. The van der Waals surface area contributed by atoms with Gasteiger partial charge in [-0.1, -0.05) is 51.1 Å². The van der Waals surface area contributed by atoms with Crippen molar-refractivity contribution >= 4 is 28.3 Å². The lowest BCUT2D eigenvalue weighted by Gasteiger charge is -2.36. The lowest BCUT2D eigenvalue weighted by Crippen LogP contribution is -2.53. The van der Waals surface area contributed by atoms with Crippen LogP contribution in [0, 0.1) is 5.92 Å². The van der Waals surface area contributed by atoms with E-state index in [4.69, 9.17) is 0 Å². The third-order valence-corrected chi connectivity index (χ3v) is 7.73. The molecule has 2 aromatic carbocycles. The van der Waals surface area contributed by atoms with Crippen molar-refractivity contribution in [2.24, 2.45) is 5.92 Å². The van der Waals surface area contributed by atoms with Gasteiger partial charge in [-0.15, -0.1) is 0 Å². The summed E-state index contributed by atoms with van der Waals surface area (Å²) in [4.78, 5) is 34.5. The van der Waals surface area contributed by atoms with Crippen LogP contribution in [0.1, 0.15) is 61.0 Å². The molecule has 38 heavy (non-hydrogen) atoms. The number of aliphatic hydroxyl groups is 1. The van der Waals surface area contributed by atoms with Crippen LogP contribution in [0.5, 0.6) is 0 Å². The number of aromatic amines is 1. The number of hydrogen-bond donors (Lipinski definition) is 3. The Morgan fingerprint density at radius 3 is 2.53 bits per heavy atom. The average molecular weight is 519 g/mol. The Morgan fingerprint density at radius 2 is 1.87 bits per heavy atom. The molecular weight excluding hydrogens is 476 g/mol. The van der Waals surface area contributed by atoms with E-state index in [1.807, 2.05) is 43.4 Å². The Labute approximate surface area is 226 Å². The number of hydrogen-bond acceptors (Lipinski definition) is 5. The van der Waals surface area contributed by atoms with Crippen molar-refractivity contribution in [2.45, 2.75) is 58.0 Å². The normalized spacial score (nSPS) is 18.8. The maximum Gasteiger partial charge on any atom is 0.243 e. The van der Waals surface area contributed by atoms with Crippen molar-refractivity contribution in [2.75, 3.05) is 38.7 Å². The fraction of sp³-hybridized carbons (Fsp3) is 0.484. The number of carbonyl (C=O) groups is 2. The second-order valence-electron chi connectivity index (χ2n) is 11.2. The first-order valence-corrected chi connectivity index (χ1v) is 13.7. The number of benzene rings is 2. The summed E-state index contributed by atoms with van der Waals surface area (Å²) in [6.45, 7) is 7.58.